The van der Waals surface area contributed by atoms with E-state index in [2.05, 4.69) is 5.32 Å². The number of halogens is 3. The molecule has 1 amide bonds. The molecule has 0 saturated heterocycles. The predicted octanol–water partition coefficient (Wildman–Crippen LogP) is 2.74. The number of methoxy groups -OCH3 is 1. The molecule has 0 fully saturated rings. The minimum absolute atomic E-state index is 0.315. The molecule has 1 aromatic carbocycles. The molecule has 1 aromatic heterocycles. The van der Waals surface area contributed by atoms with Crippen molar-refractivity contribution in [1.82, 2.24) is 10.3 Å². The molecule has 0 radical (unpaired) electrons. The summed E-state index contributed by atoms with van der Waals surface area (Å²) in [6.07, 6.45) is -4.40. The Hall–Kier alpha value is -2.61. The summed E-state index contributed by atoms with van der Waals surface area (Å²) in [7, 11) is 1.52. The average Bonchev–Trinajstić information content (AvgIpc) is 2.90. The van der Waals surface area contributed by atoms with Crippen molar-refractivity contribution < 1.29 is 22.7 Å². The highest BCUT2D eigenvalue weighted by molar-refractivity contribution is 5.94. The summed E-state index contributed by atoms with van der Waals surface area (Å²) in [5.74, 6) is -0.750. The van der Waals surface area contributed by atoms with E-state index in [1.807, 2.05) is 25.1 Å². The molecule has 1 heterocycles. The third-order valence-electron chi connectivity index (χ3n) is 4.48. The summed E-state index contributed by atoms with van der Waals surface area (Å²) in [5.41, 5.74) is 0.310. The Labute approximate surface area is 147 Å². The van der Waals surface area contributed by atoms with E-state index in [1.54, 1.807) is 4.98 Å². The number of aromatic amines is 1. The van der Waals surface area contributed by atoms with Crippen LogP contribution in [0.15, 0.2) is 35.1 Å². The molecule has 0 spiro atoms. The standard InChI is InChI=1S/C18H17F3N2O3/c1-9-3-4-11-10(7-9)8-13(26-2)15(11)23-17(25)12-5-6-14(18(19,20)21)22-16(12)24/h3-7,13,15H,8H2,1-2H3,(H,22,24)(H,23,25). The van der Waals surface area contributed by atoms with Crippen molar-refractivity contribution in [2.75, 3.05) is 7.11 Å². The highest BCUT2D eigenvalue weighted by Gasteiger charge is 2.35. The third-order valence-corrected chi connectivity index (χ3v) is 4.48. The minimum Gasteiger partial charge on any atom is -0.379 e. The van der Waals surface area contributed by atoms with Gasteiger partial charge in [0.2, 0.25) is 0 Å². The van der Waals surface area contributed by atoms with Gasteiger partial charge in [-0.2, -0.15) is 13.2 Å². The van der Waals surface area contributed by atoms with Gasteiger partial charge in [-0.25, -0.2) is 0 Å². The fourth-order valence-corrected chi connectivity index (χ4v) is 3.18. The summed E-state index contributed by atoms with van der Waals surface area (Å²) in [6, 6.07) is 6.86. The first kappa shape index (κ1) is 18.2. The van der Waals surface area contributed by atoms with Crippen molar-refractivity contribution in [2.24, 2.45) is 0 Å². The molecule has 2 unspecified atom stereocenters. The Balaban J connectivity index is 1.87. The SMILES string of the molecule is COC1Cc2cc(C)ccc2C1NC(=O)c1ccc(C(F)(F)F)[nH]c1=O. The van der Waals surface area contributed by atoms with Crippen molar-refractivity contribution in [1.29, 1.82) is 0 Å². The molecule has 5 nitrogen and oxygen atoms in total. The van der Waals surface area contributed by atoms with Gasteiger partial charge in [0.1, 0.15) is 11.3 Å². The molecule has 26 heavy (non-hydrogen) atoms. The Kier molecular flexibility index (Phi) is 4.62. The van der Waals surface area contributed by atoms with E-state index in [-0.39, 0.29) is 11.7 Å². The maximum absolute atomic E-state index is 12.6. The van der Waals surface area contributed by atoms with E-state index in [0.717, 1.165) is 22.8 Å². The van der Waals surface area contributed by atoms with Crippen LogP contribution in [0, 0.1) is 6.92 Å². The Morgan fingerprint density at radius 2 is 2.00 bits per heavy atom. The maximum Gasteiger partial charge on any atom is 0.431 e. The Morgan fingerprint density at radius 1 is 1.27 bits per heavy atom. The minimum atomic E-state index is -4.68. The highest BCUT2D eigenvalue weighted by atomic mass is 19.4. The molecule has 0 aliphatic heterocycles. The lowest BCUT2D eigenvalue weighted by Crippen LogP contribution is -2.37. The molecule has 0 bridgehead atoms. The van der Waals surface area contributed by atoms with Gasteiger partial charge in [-0.05, 0) is 30.2 Å². The Morgan fingerprint density at radius 3 is 2.62 bits per heavy atom. The van der Waals surface area contributed by atoms with Crippen molar-refractivity contribution in [3.63, 3.8) is 0 Å². The van der Waals surface area contributed by atoms with Crippen molar-refractivity contribution in [2.45, 2.75) is 31.7 Å². The summed E-state index contributed by atoms with van der Waals surface area (Å²) < 4.78 is 43.3. The normalized spacial score (nSPS) is 19.3. The van der Waals surface area contributed by atoms with Gasteiger partial charge in [0.25, 0.3) is 11.5 Å². The van der Waals surface area contributed by atoms with Gasteiger partial charge in [0.05, 0.1) is 12.1 Å². The first-order chi connectivity index (χ1) is 12.2. The summed E-state index contributed by atoms with van der Waals surface area (Å²) >= 11 is 0. The quantitative estimate of drug-likeness (QED) is 0.878. The number of carbonyl (C=O) groups excluding carboxylic acids is 1. The number of H-pyrrole nitrogens is 1. The Bertz CT molecular complexity index is 905. The number of nitrogens with one attached hydrogen (secondary N) is 2. The summed E-state index contributed by atoms with van der Waals surface area (Å²) in [4.78, 5) is 26.0. The number of benzene rings is 1. The second-order valence-corrected chi connectivity index (χ2v) is 6.24. The fraction of sp³-hybridized carbons (Fsp3) is 0.333. The number of ether oxygens (including phenoxy) is 1. The number of amides is 1. The fourth-order valence-electron chi connectivity index (χ4n) is 3.18. The van der Waals surface area contributed by atoms with E-state index in [4.69, 9.17) is 4.74 Å². The number of hydrogen-bond acceptors (Lipinski definition) is 3. The molecular weight excluding hydrogens is 349 g/mol. The van der Waals surface area contributed by atoms with Gasteiger partial charge < -0.3 is 15.0 Å². The zero-order valence-corrected chi connectivity index (χ0v) is 14.1. The second-order valence-electron chi connectivity index (χ2n) is 6.24. The number of fused-ring (bicyclic) bond motifs is 1. The molecule has 2 N–H and O–H groups in total. The van der Waals surface area contributed by atoms with Gasteiger partial charge in [0.15, 0.2) is 0 Å². The van der Waals surface area contributed by atoms with Crippen LogP contribution in [0.4, 0.5) is 13.2 Å². The lowest BCUT2D eigenvalue weighted by Gasteiger charge is -2.20. The van der Waals surface area contributed by atoms with Gasteiger partial charge in [0, 0.05) is 13.5 Å². The topological polar surface area (TPSA) is 71.2 Å². The molecule has 1 aliphatic carbocycles. The first-order valence-electron chi connectivity index (χ1n) is 7.94. The molecule has 8 heteroatoms. The van der Waals surface area contributed by atoms with Gasteiger partial charge in [-0.3, -0.25) is 9.59 Å². The lowest BCUT2D eigenvalue weighted by atomic mass is 10.0. The molecule has 1 aliphatic rings. The number of carbonyl (C=O) groups is 1. The van der Waals surface area contributed by atoms with Gasteiger partial charge >= 0.3 is 6.18 Å². The highest BCUT2D eigenvalue weighted by Crippen LogP contribution is 2.34. The zero-order chi connectivity index (χ0) is 19.1. The van der Waals surface area contributed by atoms with E-state index in [0.29, 0.717) is 12.5 Å². The molecule has 0 saturated carbocycles. The maximum atomic E-state index is 12.6. The third kappa shape index (κ3) is 3.37. The smallest absolute Gasteiger partial charge is 0.379 e. The first-order valence-corrected chi connectivity index (χ1v) is 7.94. The van der Waals surface area contributed by atoms with Gasteiger partial charge in [-0.15, -0.1) is 0 Å². The molecule has 2 atom stereocenters. The van der Waals surface area contributed by atoms with Crippen LogP contribution < -0.4 is 10.9 Å². The largest absolute Gasteiger partial charge is 0.431 e. The summed E-state index contributed by atoms with van der Waals surface area (Å²) in [6.45, 7) is 1.95. The molecule has 138 valence electrons. The van der Waals surface area contributed by atoms with Crippen LogP contribution in [0.25, 0.3) is 0 Å². The van der Waals surface area contributed by atoms with Crippen LogP contribution >= 0.6 is 0 Å². The van der Waals surface area contributed by atoms with E-state index in [1.165, 1.54) is 7.11 Å². The lowest BCUT2D eigenvalue weighted by molar-refractivity contribution is -0.141. The van der Waals surface area contributed by atoms with Crippen molar-refractivity contribution in [3.05, 3.63) is 68.6 Å². The van der Waals surface area contributed by atoms with E-state index < -0.39 is 29.4 Å². The number of hydrogen-bond donors (Lipinski definition) is 2. The van der Waals surface area contributed by atoms with Crippen LogP contribution in [0.3, 0.4) is 0 Å². The monoisotopic (exact) mass is 366 g/mol. The molecule has 2 aromatic rings. The van der Waals surface area contributed by atoms with E-state index >= 15 is 0 Å². The van der Waals surface area contributed by atoms with Crippen LogP contribution in [-0.4, -0.2) is 24.1 Å². The zero-order valence-electron chi connectivity index (χ0n) is 14.1. The summed E-state index contributed by atoms with van der Waals surface area (Å²) in [5, 5.41) is 2.71. The van der Waals surface area contributed by atoms with Crippen LogP contribution in [-0.2, 0) is 17.3 Å². The average molecular weight is 366 g/mol. The number of rotatable bonds is 3. The number of aryl methyl sites for hydroxylation is 1. The molecular formula is C18H17F3N2O3. The van der Waals surface area contributed by atoms with Gasteiger partial charge in [-0.1, -0.05) is 23.8 Å². The second kappa shape index (κ2) is 6.60. The van der Waals surface area contributed by atoms with Crippen LogP contribution in [0.2, 0.25) is 0 Å². The van der Waals surface area contributed by atoms with Crippen molar-refractivity contribution in [3.8, 4) is 0 Å². The number of aromatic nitrogens is 1. The number of pyridine rings is 1. The van der Waals surface area contributed by atoms with Crippen LogP contribution in [0.5, 0.6) is 0 Å². The van der Waals surface area contributed by atoms with E-state index in [9.17, 15) is 22.8 Å². The predicted molar refractivity (Wildman–Crippen MR) is 88.0 cm³/mol. The molecule has 3 rings (SSSR count). The number of alkyl halides is 3. The van der Waals surface area contributed by atoms with Crippen molar-refractivity contribution >= 4 is 5.91 Å². The van der Waals surface area contributed by atoms with Crippen LogP contribution in [0.1, 0.15) is 38.8 Å².